The molecule has 0 radical (unpaired) electrons. The Morgan fingerprint density at radius 2 is 1.86 bits per heavy atom. The lowest BCUT2D eigenvalue weighted by Crippen LogP contribution is -2.43. The van der Waals surface area contributed by atoms with Gasteiger partial charge in [-0.3, -0.25) is 4.99 Å². The second-order valence-electron chi connectivity index (χ2n) is 9.09. The van der Waals surface area contributed by atoms with Crippen molar-refractivity contribution >= 4 is 32.5 Å². The normalized spacial score (nSPS) is 18.8. The standard InChI is InChI=1S/C29H26BrFN2O2/c1-18-14-22(31)9-10-23(18)26-17-29(34,12-13-32-26)27(19-6-4-3-5-7-19)24-16-20-15-21(30)8-11-25(20)33-28(24)35-2/h3-11,14-16,27,34H,12-13,17H2,1-2H3. The molecule has 4 nitrogen and oxygen atoms in total. The van der Waals surface area contributed by atoms with Crippen molar-refractivity contribution in [2.24, 2.45) is 4.99 Å². The summed E-state index contributed by atoms with van der Waals surface area (Å²) >= 11 is 3.56. The largest absolute Gasteiger partial charge is 0.481 e. The third-order valence-corrected chi connectivity index (χ3v) is 7.26. The average molecular weight is 533 g/mol. The van der Waals surface area contributed by atoms with E-state index in [0.717, 1.165) is 43.3 Å². The van der Waals surface area contributed by atoms with Gasteiger partial charge in [0, 0.05) is 40.0 Å². The molecular weight excluding hydrogens is 507 g/mol. The number of aliphatic hydroxyl groups is 1. The molecule has 2 unspecified atom stereocenters. The fraction of sp³-hybridized carbons (Fsp3) is 0.241. The highest BCUT2D eigenvalue weighted by Gasteiger charge is 2.43. The lowest BCUT2D eigenvalue weighted by molar-refractivity contribution is 0.0202. The molecule has 1 aliphatic rings. The highest BCUT2D eigenvalue weighted by molar-refractivity contribution is 9.10. The van der Waals surface area contributed by atoms with Crippen LogP contribution >= 0.6 is 15.9 Å². The summed E-state index contributed by atoms with van der Waals surface area (Å²) in [6.07, 6.45) is 0.814. The van der Waals surface area contributed by atoms with Crippen molar-refractivity contribution in [2.45, 2.75) is 31.3 Å². The zero-order chi connectivity index (χ0) is 24.6. The molecule has 0 amide bonds. The number of aryl methyl sites for hydroxylation is 1. The summed E-state index contributed by atoms with van der Waals surface area (Å²) in [5.74, 6) is -0.192. The zero-order valence-electron chi connectivity index (χ0n) is 19.6. The Labute approximate surface area is 212 Å². The van der Waals surface area contributed by atoms with Crippen LogP contribution in [-0.4, -0.2) is 35.1 Å². The lowest BCUT2D eigenvalue weighted by atomic mass is 9.71. The number of hydrogen-bond donors (Lipinski definition) is 1. The smallest absolute Gasteiger partial charge is 0.217 e. The summed E-state index contributed by atoms with van der Waals surface area (Å²) in [7, 11) is 1.61. The Morgan fingerprint density at radius 3 is 2.60 bits per heavy atom. The Morgan fingerprint density at radius 1 is 1.06 bits per heavy atom. The lowest BCUT2D eigenvalue weighted by Gasteiger charge is -2.40. The van der Waals surface area contributed by atoms with Crippen LogP contribution in [0.1, 0.15) is 41.0 Å². The van der Waals surface area contributed by atoms with Crippen LogP contribution in [0.5, 0.6) is 5.88 Å². The summed E-state index contributed by atoms with van der Waals surface area (Å²) in [6.45, 7) is 2.35. The summed E-state index contributed by atoms with van der Waals surface area (Å²) in [4.78, 5) is 9.52. The number of fused-ring (bicyclic) bond motifs is 1. The minimum Gasteiger partial charge on any atom is -0.481 e. The van der Waals surface area contributed by atoms with Crippen molar-refractivity contribution in [1.29, 1.82) is 0 Å². The minimum atomic E-state index is -1.14. The van der Waals surface area contributed by atoms with Crippen molar-refractivity contribution in [3.63, 3.8) is 0 Å². The number of halogens is 2. The van der Waals surface area contributed by atoms with E-state index < -0.39 is 11.5 Å². The van der Waals surface area contributed by atoms with E-state index in [4.69, 9.17) is 14.7 Å². The monoisotopic (exact) mass is 532 g/mol. The van der Waals surface area contributed by atoms with Crippen LogP contribution in [0.25, 0.3) is 10.9 Å². The zero-order valence-corrected chi connectivity index (χ0v) is 21.2. The molecular formula is C29H26BrFN2O2. The van der Waals surface area contributed by atoms with Crippen molar-refractivity contribution in [3.8, 4) is 5.88 Å². The van der Waals surface area contributed by atoms with Crippen molar-refractivity contribution in [2.75, 3.05) is 13.7 Å². The molecule has 1 N–H and O–H groups in total. The SMILES string of the molecule is COc1nc2ccc(Br)cc2cc1C(c1ccccc1)C1(O)CCN=C(c2ccc(F)cc2C)C1. The van der Waals surface area contributed by atoms with Crippen molar-refractivity contribution in [1.82, 2.24) is 4.98 Å². The quantitative estimate of drug-likeness (QED) is 0.315. The van der Waals surface area contributed by atoms with E-state index in [1.165, 1.54) is 12.1 Å². The first-order valence-electron chi connectivity index (χ1n) is 11.6. The topological polar surface area (TPSA) is 54.7 Å². The Balaban J connectivity index is 1.66. The van der Waals surface area contributed by atoms with Gasteiger partial charge in [-0.05, 0) is 72.5 Å². The van der Waals surface area contributed by atoms with Gasteiger partial charge >= 0.3 is 0 Å². The molecule has 0 fully saturated rings. The Hall–Kier alpha value is -3.09. The van der Waals surface area contributed by atoms with E-state index in [1.54, 1.807) is 13.2 Å². The Bertz CT molecular complexity index is 1420. The molecule has 35 heavy (non-hydrogen) atoms. The van der Waals surface area contributed by atoms with Gasteiger partial charge in [-0.2, -0.15) is 0 Å². The third kappa shape index (κ3) is 4.60. The molecule has 5 rings (SSSR count). The molecule has 1 aromatic heterocycles. The van der Waals surface area contributed by atoms with Gasteiger partial charge in [-0.15, -0.1) is 0 Å². The molecule has 1 aliphatic heterocycles. The summed E-state index contributed by atoms with van der Waals surface area (Å²) in [5.41, 5.74) is 3.93. The molecule has 2 heterocycles. The van der Waals surface area contributed by atoms with E-state index in [-0.39, 0.29) is 5.82 Å². The fourth-order valence-electron chi connectivity index (χ4n) is 5.14. The van der Waals surface area contributed by atoms with E-state index in [9.17, 15) is 9.50 Å². The van der Waals surface area contributed by atoms with Gasteiger partial charge in [-0.25, -0.2) is 9.37 Å². The minimum absolute atomic E-state index is 0.279. The van der Waals surface area contributed by atoms with Gasteiger partial charge in [0.2, 0.25) is 5.88 Å². The summed E-state index contributed by atoms with van der Waals surface area (Å²) in [5, 5.41) is 13.3. The highest BCUT2D eigenvalue weighted by atomic mass is 79.9. The molecule has 0 saturated carbocycles. The van der Waals surface area contributed by atoms with E-state index >= 15 is 0 Å². The molecule has 0 spiro atoms. The van der Waals surface area contributed by atoms with E-state index in [1.807, 2.05) is 55.5 Å². The molecule has 0 saturated heterocycles. The number of hydrogen-bond acceptors (Lipinski definition) is 4. The van der Waals surface area contributed by atoms with Crippen LogP contribution < -0.4 is 4.74 Å². The van der Waals surface area contributed by atoms with Gasteiger partial charge in [0.25, 0.3) is 0 Å². The van der Waals surface area contributed by atoms with Gasteiger partial charge in [0.15, 0.2) is 0 Å². The maximum Gasteiger partial charge on any atom is 0.217 e. The van der Waals surface area contributed by atoms with Crippen molar-refractivity contribution in [3.05, 3.63) is 105 Å². The second kappa shape index (κ2) is 9.51. The Kier molecular flexibility index (Phi) is 6.43. The van der Waals surface area contributed by atoms with Gasteiger partial charge in [0.1, 0.15) is 5.82 Å². The van der Waals surface area contributed by atoms with Gasteiger partial charge in [0.05, 0.1) is 18.2 Å². The molecule has 4 aromatic rings. The first-order chi connectivity index (χ1) is 16.9. The predicted octanol–water partition coefficient (Wildman–Crippen LogP) is 6.60. The fourth-order valence-corrected chi connectivity index (χ4v) is 5.52. The maximum atomic E-state index is 13.8. The number of nitrogens with zero attached hydrogens (tertiary/aromatic N) is 2. The van der Waals surface area contributed by atoms with Crippen LogP contribution in [0.3, 0.4) is 0 Å². The molecule has 2 atom stereocenters. The summed E-state index contributed by atoms with van der Waals surface area (Å²) < 4.78 is 20.5. The number of benzene rings is 3. The number of rotatable bonds is 5. The number of methoxy groups -OCH3 is 1. The molecule has 6 heteroatoms. The molecule has 0 bridgehead atoms. The molecule has 0 aliphatic carbocycles. The van der Waals surface area contributed by atoms with Gasteiger partial charge < -0.3 is 9.84 Å². The van der Waals surface area contributed by atoms with Crippen LogP contribution in [0.15, 0.2) is 82.3 Å². The van der Waals surface area contributed by atoms with Crippen LogP contribution in [0, 0.1) is 12.7 Å². The first-order valence-corrected chi connectivity index (χ1v) is 12.4. The van der Waals surface area contributed by atoms with E-state index in [0.29, 0.717) is 25.3 Å². The van der Waals surface area contributed by atoms with Crippen LogP contribution in [0.4, 0.5) is 4.39 Å². The van der Waals surface area contributed by atoms with Crippen LogP contribution in [0.2, 0.25) is 0 Å². The number of pyridine rings is 1. The molecule has 3 aromatic carbocycles. The maximum absolute atomic E-state index is 13.8. The first kappa shape index (κ1) is 23.6. The van der Waals surface area contributed by atoms with E-state index in [2.05, 4.69) is 22.0 Å². The average Bonchev–Trinajstić information content (AvgIpc) is 2.84. The number of aliphatic imine (C=N–C) groups is 1. The van der Waals surface area contributed by atoms with Crippen molar-refractivity contribution < 1.29 is 14.2 Å². The van der Waals surface area contributed by atoms with Gasteiger partial charge in [-0.1, -0.05) is 46.3 Å². The highest BCUT2D eigenvalue weighted by Crippen LogP contribution is 2.45. The second-order valence-corrected chi connectivity index (χ2v) is 10.0. The molecule has 178 valence electrons. The number of aromatic nitrogens is 1. The predicted molar refractivity (Wildman–Crippen MR) is 141 cm³/mol. The number of ether oxygens (including phenoxy) is 1. The van der Waals surface area contributed by atoms with Crippen LogP contribution in [-0.2, 0) is 0 Å². The summed E-state index contributed by atoms with van der Waals surface area (Å²) in [6, 6.07) is 22.7. The third-order valence-electron chi connectivity index (χ3n) is 6.76.